The van der Waals surface area contributed by atoms with Gasteiger partial charge in [0, 0.05) is 25.2 Å². The minimum Gasteiger partial charge on any atom is -0.463 e. The monoisotopic (exact) mass is 323 g/mol. The number of hydrogen-bond acceptors (Lipinski definition) is 3. The van der Waals surface area contributed by atoms with Crippen molar-refractivity contribution in [3.8, 4) is 0 Å². The topological polar surface area (TPSA) is 29.5 Å². The Morgan fingerprint density at radius 1 is 1.00 bits per heavy atom. The van der Waals surface area contributed by atoms with Crippen LogP contribution in [0.15, 0.2) is 72.8 Å². The van der Waals surface area contributed by atoms with E-state index in [0.717, 1.165) is 13.1 Å². The average Bonchev–Trinajstić information content (AvgIpc) is 2.61. The molecule has 0 aromatic heterocycles. The van der Waals surface area contributed by atoms with Crippen LogP contribution < -0.4 is 0 Å². The maximum Gasteiger partial charge on any atom is 0.330 e. The number of esters is 1. The fourth-order valence-corrected chi connectivity index (χ4v) is 2.51. The molecule has 0 aliphatic rings. The zero-order valence-electron chi connectivity index (χ0n) is 14.4. The third-order valence-corrected chi connectivity index (χ3v) is 3.83. The molecule has 3 heteroatoms. The van der Waals surface area contributed by atoms with Gasteiger partial charge in [-0.2, -0.15) is 0 Å². The molecule has 126 valence electrons. The van der Waals surface area contributed by atoms with Gasteiger partial charge in [-0.15, -0.1) is 0 Å². The van der Waals surface area contributed by atoms with E-state index in [1.807, 2.05) is 25.1 Å². The van der Waals surface area contributed by atoms with Gasteiger partial charge in [-0.25, -0.2) is 4.79 Å². The zero-order valence-corrected chi connectivity index (χ0v) is 14.4. The van der Waals surface area contributed by atoms with Gasteiger partial charge in [0.05, 0.1) is 6.61 Å². The second-order valence-corrected chi connectivity index (χ2v) is 5.73. The summed E-state index contributed by atoms with van der Waals surface area (Å²) in [4.78, 5) is 13.9. The first kappa shape index (κ1) is 18.0. The van der Waals surface area contributed by atoms with Crippen LogP contribution in [-0.4, -0.2) is 23.5 Å². The van der Waals surface area contributed by atoms with Crippen LogP contribution >= 0.6 is 0 Å². The van der Waals surface area contributed by atoms with Crippen molar-refractivity contribution in [3.05, 3.63) is 83.9 Å². The molecule has 0 aliphatic heterocycles. The van der Waals surface area contributed by atoms with Crippen LogP contribution in [0.5, 0.6) is 0 Å². The molecule has 24 heavy (non-hydrogen) atoms. The van der Waals surface area contributed by atoms with Crippen molar-refractivity contribution in [2.75, 3.05) is 6.61 Å². The molecule has 0 radical (unpaired) electrons. The van der Waals surface area contributed by atoms with E-state index in [9.17, 15) is 4.79 Å². The molecule has 0 unspecified atom stereocenters. The van der Waals surface area contributed by atoms with E-state index in [1.54, 1.807) is 0 Å². The summed E-state index contributed by atoms with van der Waals surface area (Å²) in [5, 5.41) is 0. The lowest BCUT2D eigenvalue weighted by molar-refractivity contribution is -0.137. The Bertz CT molecular complexity index is 596. The molecule has 2 aromatic carbocycles. The van der Waals surface area contributed by atoms with Crippen LogP contribution in [0.1, 0.15) is 25.0 Å². The highest BCUT2D eigenvalue weighted by molar-refractivity contribution is 5.81. The summed E-state index contributed by atoms with van der Waals surface area (Å²) in [6.07, 6.45) is 3.43. The molecule has 0 saturated carbocycles. The van der Waals surface area contributed by atoms with Crippen LogP contribution in [0.25, 0.3) is 0 Å². The van der Waals surface area contributed by atoms with Crippen molar-refractivity contribution in [1.82, 2.24) is 4.90 Å². The van der Waals surface area contributed by atoms with E-state index in [0.29, 0.717) is 6.61 Å². The van der Waals surface area contributed by atoms with Crippen LogP contribution in [0.2, 0.25) is 0 Å². The van der Waals surface area contributed by atoms with E-state index >= 15 is 0 Å². The summed E-state index contributed by atoms with van der Waals surface area (Å²) < 4.78 is 4.96. The van der Waals surface area contributed by atoms with Crippen molar-refractivity contribution in [2.45, 2.75) is 33.0 Å². The number of benzene rings is 2. The third kappa shape index (κ3) is 6.01. The SMILES string of the molecule is CCOC(=O)/C=C/[C@@H](C)N(Cc1ccccc1)Cc1ccccc1. The first-order valence-corrected chi connectivity index (χ1v) is 8.36. The molecule has 0 amide bonds. The summed E-state index contributed by atoms with van der Waals surface area (Å²) in [5.74, 6) is -0.288. The molecular formula is C21H25NO2. The lowest BCUT2D eigenvalue weighted by Crippen LogP contribution is -2.31. The minimum atomic E-state index is -0.288. The number of rotatable bonds is 8. The first-order valence-electron chi connectivity index (χ1n) is 8.36. The van der Waals surface area contributed by atoms with Crippen LogP contribution in [0.3, 0.4) is 0 Å². The molecule has 0 fully saturated rings. The van der Waals surface area contributed by atoms with E-state index in [1.165, 1.54) is 17.2 Å². The predicted octanol–water partition coefficient (Wildman–Crippen LogP) is 4.20. The highest BCUT2D eigenvalue weighted by Crippen LogP contribution is 2.14. The number of hydrogen-bond donors (Lipinski definition) is 0. The van der Waals surface area contributed by atoms with Crippen LogP contribution in [0.4, 0.5) is 0 Å². The third-order valence-electron chi connectivity index (χ3n) is 3.83. The number of carbonyl (C=O) groups excluding carboxylic acids is 1. The molecule has 0 bridgehead atoms. The average molecular weight is 323 g/mol. The smallest absolute Gasteiger partial charge is 0.330 e. The molecular weight excluding hydrogens is 298 g/mol. The minimum absolute atomic E-state index is 0.120. The molecule has 0 heterocycles. The Hall–Kier alpha value is -2.39. The Morgan fingerprint density at radius 3 is 1.96 bits per heavy atom. The van der Waals surface area contributed by atoms with Crippen molar-refractivity contribution in [3.63, 3.8) is 0 Å². The predicted molar refractivity (Wildman–Crippen MR) is 97.4 cm³/mol. The number of carbonyl (C=O) groups is 1. The maximum absolute atomic E-state index is 11.6. The fourth-order valence-electron chi connectivity index (χ4n) is 2.51. The van der Waals surface area contributed by atoms with Crippen LogP contribution in [-0.2, 0) is 22.6 Å². The first-order chi connectivity index (χ1) is 11.7. The standard InChI is InChI=1S/C21H25NO2/c1-3-24-21(23)15-14-18(2)22(16-19-10-6-4-7-11-19)17-20-12-8-5-9-13-20/h4-15,18H,3,16-17H2,1-2H3/b15-14+/t18-/m1/s1. The van der Waals surface area contributed by atoms with Crippen LogP contribution in [0, 0.1) is 0 Å². The second kappa shape index (κ2) is 9.68. The molecule has 0 aliphatic carbocycles. The van der Waals surface area contributed by atoms with Gasteiger partial charge in [0.15, 0.2) is 0 Å². The molecule has 3 nitrogen and oxygen atoms in total. The Morgan fingerprint density at radius 2 is 1.50 bits per heavy atom. The second-order valence-electron chi connectivity index (χ2n) is 5.73. The molecule has 0 saturated heterocycles. The molecule has 0 spiro atoms. The highest BCUT2D eigenvalue weighted by atomic mass is 16.5. The molecule has 2 rings (SSSR count). The van der Waals surface area contributed by atoms with Gasteiger partial charge in [0.1, 0.15) is 0 Å². The zero-order chi connectivity index (χ0) is 17.2. The van der Waals surface area contributed by atoms with Gasteiger partial charge in [0.2, 0.25) is 0 Å². The molecule has 1 atom stereocenters. The fraction of sp³-hybridized carbons (Fsp3) is 0.286. The van der Waals surface area contributed by atoms with Gasteiger partial charge in [-0.05, 0) is 25.0 Å². The van der Waals surface area contributed by atoms with Gasteiger partial charge in [-0.1, -0.05) is 66.7 Å². The lowest BCUT2D eigenvalue weighted by atomic mass is 10.1. The van der Waals surface area contributed by atoms with Gasteiger partial charge in [-0.3, -0.25) is 4.90 Å². The van der Waals surface area contributed by atoms with Gasteiger partial charge in [0.25, 0.3) is 0 Å². The summed E-state index contributed by atoms with van der Waals surface area (Å²) in [7, 11) is 0. The van der Waals surface area contributed by atoms with Crippen molar-refractivity contribution >= 4 is 5.97 Å². The lowest BCUT2D eigenvalue weighted by Gasteiger charge is -2.27. The highest BCUT2D eigenvalue weighted by Gasteiger charge is 2.13. The quantitative estimate of drug-likeness (QED) is 0.539. The largest absolute Gasteiger partial charge is 0.463 e. The molecule has 2 aromatic rings. The summed E-state index contributed by atoms with van der Waals surface area (Å²) in [6.45, 7) is 5.96. The Labute approximate surface area is 144 Å². The number of nitrogens with zero attached hydrogens (tertiary/aromatic N) is 1. The maximum atomic E-state index is 11.6. The van der Waals surface area contributed by atoms with E-state index in [2.05, 4.69) is 60.4 Å². The van der Waals surface area contributed by atoms with Gasteiger partial charge >= 0.3 is 5.97 Å². The summed E-state index contributed by atoms with van der Waals surface area (Å²) in [5.41, 5.74) is 2.51. The molecule has 0 N–H and O–H groups in total. The van der Waals surface area contributed by atoms with Crippen molar-refractivity contribution in [1.29, 1.82) is 0 Å². The normalized spacial score (nSPS) is 12.5. The van der Waals surface area contributed by atoms with E-state index in [4.69, 9.17) is 4.74 Å². The van der Waals surface area contributed by atoms with E-state index in [-0.39, 0.29) is 12.0 Å². The Balaban J connectivity index is 2.10. The summed E-state index contributed by atoms with van der Waals surface area (Å²) >= 11 is 0. The van der Waals surface area contributed by atoms with Crippen molar-refractivity contribution < 1.29 is 9.53 Å². The Kier molecular flexibility index (Phi) is 7.24. The number of ether oxygens (including phenoxy) is 1. The van der Waals surface area contributed by atoms with Crippen molar-refractivity contribution in [2.24, 2.45) is 0 Å². The van der Waals surface area contributed by atoms with Gasteiger partial charge < -0.3 is 4.74 Å². The van der Waals surface area contributed by atoms with E-state index < -0.39 is 0 Å². The summed E-state index contributed by atoms with van der Waals surface area (Å²) in [6, 6.07) is 20.9.